The maximum absolute atomic E-state index is 12.7. The van der Waals surface area contributed by atoms with Crippen LogP contribution in [0.4, 0.5) is 5.82 Å². The molecule has 1 aromatic heterocycles. The van der Waals surface area contributed by atoms with Crippen molar-refractivity contribution in [3.63, 3.8) is 0 Å². The van der Waals surface area contributed by atoms with E-state index >= 15 is 0 Å². The SMILES string of the molecule is NC1CC(C(=O)Nc2cc3ccccc3cn2)c2ccccc21. The lowest BCUT2D eigenvalue weighted by molar-refractivity contribution is -0.117. The zero-order valence-electron chi connectivity index (χ0n) is 12.6. The second kappa shape index (κ2) is 5.48. The van der Waals surface area contributed by atoms with E-state index in [2.05, 4.69) is 10.3 Å². The summed E-state index contributed by atoms with van der Waals surface area (Å²) in [6, 6.07) is 17.7. The molecule has 2 unspecified atom stereocenters. The van der Waals surface area contributed by atoms with Crippen molar-refractivity contribution in [3.05, 3.63) is 71.9 Å². The quantitative estimate of drug-likeness (QED) is 0.762. The van der Waals surface area contributed by atoms with Gasteiger partial charge in [0.05, 0.1) is 5.92 Å². The third-order valence-electron chi connectivity index (χ3n) is 4.46. The predicted molar refractivity (Wildman–Crippen MR) is 91.1 cm³/mol. The van der Waals surface area contributed by atoms with Crippen molar-refractivity contribution in [1.82, 2.24) is 4.98 Å². The number of aromatic nitrogens is 1. The van der Waals surface area contributed by atoms with Crippen LogP contribution in [-0.4, -0.2) is 10.9 Å². The largest absolute Gasteiger partial charge is 0.324 e. The number of pyridine rings is 1. The Balaban J connectivity index is 1.60. The summed E-state index contributed by atoms with van der Waals surface area (Å²) < 4.78 is 0. The summed E-state index contributed by atoms with van der Waals surface area (Å²) in [6.07, 6.45) is 2.41. The van der Waals surface area contributed by atoms with E-state index < -0.39 is 0 Å². The maximum Gasteiger partial charge on any atom is 0.233 e. The standard InChI is InChI=1S/C19H17N3O/c20-17-10-16(14-7-3-4-8-15(14)17)19(23)22-18-9-12-5-1-2-6-13(12)11-21-18/h1-9,11,16-17H,10,20H2,(H,21,22,23). The van der Waals surface area contributed by atoms with Crippen LogP contribution in [0.2, 0.25) is 0 Å². The number of carbonyl (C=O) groups excluding carboxylic acids is 1. The number of hydrogen-bond donors (Lipinski definition) is 2. The molecule has 1 heterocycles. The van der Waals surface area contributed by atoms with Crippen LogP contribution in [-0.2, 0) is 4.79 Å². The smallest absolute Gasteiger partial charge is 0.233 e. The molecule has 0 aliphatic heterocycles. The van der Waals surface area contributed by atoms with Crippen molar-refractivity contribution in [2.24, 2.45) is 5.73 Å². The third kappa shape index (κ3) is 2.47. The summed E-state index contributed by atoms with van der Waals surface area (Å²) >= 11 is 0. The van der Waals surface area contributed by atoms with E-state index in [0.29, 0.717) is 12.2 Å². The van der Waals surface area contributed by atoms with Gasteiger partial charge in [0.2, 0.25) is 5.91 Å². The first-order valence-electron chi connectivity index (χ1n) is 7.72. The van der Waals surface area contributed by atoms with Crippen LogP contribution in [0.5, 0.6) is 0 Å². The second-order valence-corrected chi connectivity index (χ2v) is 5.93. The van der Waals surface area contributed by atoms with E-state index in [4.69, 9.17) is 5.73 Å². The van der Waals surface area contributed by atoms with Gasteiger partial charge in [0.25, 0.3) is 0 Å². The lowest BCUT2D eigenvalue weighted by Crippen LogP contribution is -2.20. The maximum atomic E-state index is 12.7. The molecule has 0 saturated heterocycles. The molecule has 0 saturated carbocycles. The van der Waals surface area contributed by atoms with E-state index in [-0.39, 0.29) is 17.9 Å². The summed E-state index contributed by atoms with van der Waals surface area (Å²) in [5.41, 5.74) is 8.24. The number of rotatable bonds is 2. The molecule has 4 nitrogen and oxygen atoms in total. The molecule has 4 rings (SSSR count). The molecule has 0 fully saturated rings. The zero-order valence-corrected chi connectivity index (χ0v) is 12.6. The van der Waals surface area contributed by atoms with Gasteiger partial charge >= 0.3 is 0 Å². The number of anilines is 1. The highest BCUT2D eigenvalue weighted by molar-refractivity contribution is 5.97. The number of fused-ring (bicyclic) bond motifs is 2. The fourth-order valence-corrected chi connectivity index (χ4v) is 3.29. The Morgan fingerprint density at radius 2 is 1.74 bits per heavy atom. The Kier molecular flexibility index (Phi) is 3.32. The number of nitrogens with one attached hydrogen (secondary N) is 1. The molecular weight excluding hydrogens is 286 g/mol. The van der Waals surface area contributed by atoms with Gasteiger partial charge in [0, 0.05) is 17.6 Å². The van der Waals surface area contributed by atoms with Crippen molar-refractivity contribution in [2.45, 2.75) is 18.4 Å². The Morgan fingerprint density at radius 3 is 2.57 bits per heavy atom. The highest BCUT2D eigenvalue weighted by Crippen LogP contribution is 2.39. The van der Waals surface area contributed by atoms with Crippen molar-refractivity contribution >= 4 is 22.5 Å². The molecule has 0 spiro atoms. The molecule has 2 aromatic carbocycles. The van der Waals surface area contributed by atoms with Crippen molar-refractivity contribution in [3.8, 4) is 0 Å². The molecule has 0 bridgehead atoms. The molecule has 1 amide bonds. The van der Waals surface area contributed by atoms with E-state index in [0.717, 1.165) is 21.9 Å². The number of nitrogens with zero attached hydrogens (tertiary/aromatic N) is 1. The van der Waals surface area contributed by atoms with Crippen molar-refractivity contribution in [1.29, 1.82) is 0 Å². The molecule has 3 aromatic rings. The molecule has 0 radical (unpaired) electrons. The fourth-order valence-electron chi connectivity index (χ4n) is 3.29. The van der Waals surface area contributed by atoms with Gasteiger partial charge in [-0.15, -0.1) is 0 Å². The second-order valence-electron chi connectivity index (χ2n) is 5.93. The molecule has 114 valence electrons. The van der Waals surface area contributed by atoms with E-state index in [9.17, 15) is 4.79 Å². The number of nitrogens with two attached hydrogens (primary N) is 1. The minimum atomic E-state index is -0.213. The summed E-state index contributed by atoms with van der Waals surface area (Å²) in [5.74, 6) is 0.314. The van der Waals surface area contributed by atoms with Gasteiger partial charge in [-0.3, -0.25) is 4.79 Å². The Hall–Kier alpha value is -2.72. The average Bonchev–Trinajstić information content (AvgIpc) is 2.92. The summed E-state index contributed by atoms with van der Waals surface area (Å²) in [6.45, 7) is 0. The Labute approximate surface area is 134 Å². The fraction of sp³-hybridized carbons (Fsp3) is 0.158. The predicted octanol–water partition coefficient (Wildman–Crippen LogP) is 3.36. The normalized spacial score (nSPS) is 19.5. The first-order chi connectivity index (χ1) is 11.2. The van der Waals surface area contributed by atoms with Gasteiger partial charge in [0.15, 0.2) is 0 Å². The number of hydrogen-bond acceptors (Lipinski definition) is 3. The first kappa shape index (κ1) is 13.9. The van der Waals surface area contributed by atoms with Crippen LogP contribution in [0.1, 0.15) is 29.5 Å². The Morgan fingerprint density at radius 1 is 1.04 bits per heavy atom. The molecule has 3 N–H and O–H groups in total. The number of amides is 1. The molecule has 1 aliphatic carbocycles. The van der Waals surface area contributed by atoms with Gasteiger partial charge in [0.1, 0.15) is 5.82 Å². The minimum Gasteiger partial charge on any atom is -0.324 e. The zero-order chi connectivity index (χ0) is 15.8. The van der Waals surface area contributed by atoms with E-state index in [1.165, 1.54) is 0 Å². The lowest BCUT2D eigenvalue weighted by atomic mass is 10.0. The minimum absolute atomic E-state index is 0.0480. The number of benzene rings is 2. The highest BCUT2D eigenvalue weighted by atomic mass is 16.1. The lowest BCUT2D eigenvalue weighted by Gasteiger charge is -2.12. The van der Waals surface area contributed by atoms with Gasteiger partial charge in [-0.05, 0) is 29.0 Å². The van der Waals surface area contributed by atoms with Crippen molar-refractivity contribution in [2.75, 3.05) is 5.32 Å². The molecular formula is C19H17N3O. The highest BCUT2D eigenvalue weighted by Gasteiger charge is 2.33. The van der Waals surface area contributed by atoms with Crippen molar-refractivity contribution < 1.29 is 4.79 Å². The van der Waals surface area contributed by atoms with Crippen LogP contribution in [0.15, 0.2) is 60.8 Å². The van der Waals surface area contributed by atoms with Crippen LogP contribution < -0.4 is 11.1 Å². The van der Waals surface area contributed by atoms with Gasteiger partial charge < -0.3 is 11.1 Å². The monoisotopic (exact) mass is 303 g/mol. The van der Waals surface area contributed by atoms with Crippen LogP contribution in [0.3, 0.4) is 0 Å². The third-order valence-corrected chi connectivity index (χ3v) is 4.46. The number of carbonyl (C=O) groups is 1. The molecule has 1 aliphatic rings. The average molecular weight is 303 g/mol. The summed E-state index contributed by atoms with van der Waals surface area (Å²) in [4.78, 5) is 17.0. The summed E-state index contributed by atoms with van der Waals surface area (Å²) in [7, 11) is 0. The van der Waals surface area contributed by atoms with E-state index in [1.807, 2.05) is 54.6 Å². The molecule has 4 heteroatoms. The molecule has 23 heavy (non-hydrogen) atoms. The topological polar surface area (TPSA) is 68.0 Å². The van der Waals surface area contributed by atoms with Crippen LogP contribution >= 0.6 is 0 Å². The van der Waals surface area contributed by atoms with Gasteiger partial charge in [-0.1, -0.05) is 48.5 Å². The first-order valence-corrected chi connectivity index (χ1v) is 7.72. The Bertz CT molecular complexity index is 890. The van der Waals surface area contributed by atoms with Gasteiger partial charge in [-0.25, -0.2) is 4.98 Å². The molecule has 2 atom stereocenters. The van der Waals surface area contributed by atoms with E-state index in [1.54, 1.807) is 6.20 Å². The summed E-state index contributed by atoms with van der Waals surface area (Å²) in [5, 5.41) is 5.04. The van der Waals surface area contributed by atoms with Gasteiger partial charge in [-0.2, -0.15) is 0 Å². The van der Waals surface area contributed by atoms with Crippen LogP contribution in [0.25, 0.3) is 10.8 Å². The van der Waals surface area contributed by atoms with Crippen LogP contribution in [0, 0.1) is 0 Å².